The van der Waals surface area contributed by atoms with E-state index in [4.69, 9.17) is 5.73 Å². The van der Waals surface area contributed by atoms with E-state index in [0.29, 0.717) is 0 Å². The average molecular weight is 311 g/mol. The molecule has 0 saturated heterocycles. The van der Waals surface area contributed by atoms with E-state index in [1.54, 1.807) is 0 Å². The molecule has 3 N–H and O–H groups in total. The molecule has 0 aliphatic carbocycles. The van der Waals surface area contributed by atoms with Gasteiger partial charge >= 0.3 is 6.18 Å². The van der Waals surface area contributed by atoms with Crippen LogP contribution >= 0.6 is 15.9 Å². The minimum Gasteiger partial charge on any atom is -0.325 e. The third-order valence-corrected chi connectivity index (χ3v) is 2.36. The molecule has 7 heteroatoms. The van der Waals surface area contributed by atoms with Crippen molar-refractivity contribution in [1.82, 2.24) is 0 Å². The third kappa shape index (κ3) is 4.01. The van der Waals surface area contributed by atoms with Gasteiger partial charge in [0.25, 0.3) is 0 Å². The van der Waals surface area contributed by atoms with Crippen molar-refractivity contribution in [3.63, 3.8) is 0 Å². The lowest BCUT2D eigenvalue weighted by Gasteiger charge is -2.12. The number of anilines is 1. The molecule has 0 aliphatic rings. The van der Waals surface area contributed by atoms with E-state index in [9.17, 15) is 18.0 Å². The summed E-state index contributed by atoms with van der Waals surface area (Å²) in [6.07, 6.45) is -4.46. The standard InChI is InChI=1S/C10H10BrF3N2O/c1-5(15)9(17)16-8-3-6(10(12,13)14)2-7(11)4-8/h2-5H,15H2,1H3,(H,16,17). The van der Waals surface area contributed by atoms with Crippen LogP contribution in [-0.2, 0) is 11.0 Å². The van der Waals surface area contributed by atoms with Gasteiger partial charge in [-0.3, -0.25) is 4.79 Å². The highest BCUT2D eigenvalue weighted by atomic mass is 79.9. The summed E-state index contributed by atoms with van der Waals surface area (Å²) in [7, 11) is 0. The van der Waals surface area contributed by atoms with Crippen molar-refractivity contribution in [2.45, 2.75) is 19.1 Å². The molecule has 1 atom stereocenters. The van der Waals surface area contributed by atoms with Crippen molar-refractivity contribution in [3.8, 4) is 0 Å². The Morgan fingerprint density at radius 3 is 2.47 bits per heavy atom. The van der Waals surface area contributed by atoms with Crippen molar-refractivity contribution in [1.29, 1.82) is 0 Å². The molecule has 1 aromatic carbocycles. The van der Waals surface area contributed by atoms with Gasteiger partial charge in [-0.2, -0.15) is 13.2 Å². The number of alkyl halides is 3. The van der Waals surface area contributed by atoms with Gasteiger partial charge in [0.2, 0.25) is 5.91 Å². The van der Waals surface area contributed by atoms with Crippen LogP contribution in [0.5, 0.6) is 0 Å². The van der Waals surface area contributed by atoms with Crippen LogP contribution in [-0.4, -0.2) is 11.9 Å². The summed E-state index contributed by atoms with van der Waals surface area (Å²) in [6.45, 7) is 1.44. The van der Waals surface area contributed by atoms with Gasteiger partial charge in [0.1, 0.15) is 0 Å². The zero-order valence-electron chi connectivity index (χ0n) is 8.81. The van der Waals surface area contributed by atoms with E-state index in [1.165, 1.54) is 13.0 Å². The Bertz CT molecular complexity index is 432. The first-order chi connectivity index (χ1) is 7.70. The molecular weight excluding hydrogens is 301 g/mol. The molecule has 0 spiro atoms. The van der Waals surface area contributed by atoms with E-state index < -0.39 is 23.7 Å². The smallest absolute Gasteiger partial charge is 0.325 e. The number of hydrogen-bond donors (Lipinski definition) is 2. The maximum atomic E-state index is 12.5. The van der Waals surface area contributed by atoms with E-state index >= 15 is 0 Å². The second kappa shape index (κ2) is 5.05. The van der Waals surface area contributed by atoms with Crippen LogP contribution in [0.1, 0.15) is 12.5 Å². The van der Waals surface area contributed by atoms with E-state index in [0.717, 1.165) is 12.1 Å². The van der Waals surface area contributed by atoms with Crippen LogP contribution in [0.4, 0.5) is 18.9 Å². The first kappa shape index (κ1) is 14.0. The maximum Gasteiger partial charge on any atom is 0.416 e. The third-order valence-electron chi connectivity index (χ3n) is 1.91. The summed E-state index contributed by atoms with van der Waals surface area (Å²) in [6, 6.07) is 2.37. The molecule has 0 fully saturated rings. The fraction of sp³-hybridized carbons (Fsp3) is 0.300. The van der Waals surface area contributed by atoms with Gasteiger partial charge in [-0.25, -0.2) is 0 Å². The Balaban J connectivity index is 3.02. The van der Waals surface area contributed by atoms with Crippen molar-refractivity contribution < 1.29 is 18.0 Å². The van der Waals surface area contributed by atoms with Crippen LogP contribution < -0.4 is 11.1 Å². The van der Waals surface area contributed by atoms with Gasteiger partial charge in [-0.15, -0.1) is 0 Å². The van der Waals surface area contributed by atoms with Crippen LogP contribution in [0.3, 0.4) is 0 Å². The van der Waals surface area contributed by atoms with Gasteiger partial charge in [-0.05, 0) is 25.1 Å². The lowest BCUT2D eigenvalue weighted by Crippen LogP contribution is -2.32. The van der Waals surface area contributed by atoms with Crippen molar-refractivity contribution in [3.05, 3.63) is 28.2 Å². The largest absolute Gasteiger partial charge is 0.416 e. The number of nitrogens with two attached hydrogens (primary N) is 1. The number of rotatable bonds is 2. The summed E-state index contributed by atoms with van der Waals surface area (Å²) in [5, 5.41) is 2.30. The quantitative estimate of drug-likeness (QED) is 0.882. The second-order valence-corrected chi connectivity index (χ2v) is 4.42. The Hall–Kier alpha value is -1.08. The SMILES string of the molecule is CC(N)C(=O)Nc1cc(Br)cc(C(F)(F)F)c1. The lowest BCUT2D eigenvalue weighted by molar-refractivity contribution is -0.137. The summed E-state index contributed by atoms with van der Waals surface area (Å²) < 4.78 is 37.7. The number of nitrogens with one attached hydrogen (secondary N) is 1. The number of hydrogen-bond acceptors (Lipinski definition) is 2. The van der Waals surface area contributed by atoms with E-state index in [2.05, 4.69) is 21.2 Å². The highest BCUT2D eigenvalue weighted by molar-refractivity contribution is 9.10. The lowest BCUT2D eigenvalue weighted by atomic mass is 10.2. The fourth-order valence-corrected chi connectivity index (χ4v) is 1.57. The minimum absolute atomic E-state index is 0.0500. The fourth-order valence-electron chi connectivity index (χ4n) is 1.08. The predicted octanol–water partition coefficient (Wildman–Crippen LogP) is 2.75. The number of amides is 1. The Kier molecular flexibility index (Phi) is 4.16. The van der Waals surface area contributed by atoms with Crippen LogP contribution in [0, 0.1) is 0 Å². The Morgan fingerprint density at radius 2 is 2.00 bits per heavy atom. The molecule has 0 bridgehead atoms. The van der Waals surface area contributed by atoms with Crippen molar-refractivity contribution in [2.24, 2.45) is 5.73 Å². The normalized spacial score (nSPS) is 13.3. The highest BCUT2D eigenvalue weighted by Crippen LogP contribution is 2.33. The molecular formula is C10H10BrF3N2O. The van der Waals surface area contributed by atoms with E-state index in [-0.39, 0.29) is 10.2 Å². The molecule has 17 heavy (non-hydrogen) atoms. The minimum atomic E-state index is -4.46. The molecule has 1 rings (SSSR count). The molecule has 0 saturated carbocycles. The molecule has 1 amide bonds. The molecule has 0 radical (unpaired) electrons. The summed E-state index contributed by atoms with van der Waals surface area (Å²) in [4.78, 5) is 11.3. The maximum absolute atomic E-state index is 12.5. The first-order valence-corrected chi connectivity index (χ1v) is 5.43. The van der Waals surface area contributed by atoms with Crippen LogP contribution in [0.25, 0.3) is 0 Å². The topological polar surface area (TPSA) is 55.1 Å². The van der Waals surface area contributed by atoms with Crippen molar-refractivity contribution >= 4 is 27.5 Å². The molecule has 1 unspecified atom stereocenters. The summed E-state index contributed by atoms with van der Waals surface area (Å²) in [5.41, 5.74) is 4.51. The number of carbonyl (C=O) groups is 1. The van der Waals surface area contributed by atoms with Gasteiger partial charge in [0, 0.05) is 10.2 Å². The molecule has 0 heterocycles. The summed E-state index contributed by atoms with van der Waals surface area (Å²) in [5.74, 6) is -0.545. The van der Waals surface area contributed by atoms with Crippen LogP contribution in [0.2, 0.25) is 0 Å². The Labute approximate surface area is 104 Å². The molecule has 3 nitrogen and oxygen atoms in total. The van der Waals surface area contributed by atoms with Crippen LogP contribution in [0.15, 0.2) is 22.7 Å². The zero-order chi connectivity index (χ0) is 13.2. The highest BCUT2D eigenvalue weighted by Gasteiger charge is 2.31. The molecule has 94 valence electrons. The van der Waals surface area contributed by atoms with Gasteiger partial charge in [0.05, 0.1) is 11.6 Å². The first-order valence-electron chi connectivity index (χ1n) is 4.64. The second-order valence-electron chi connectivity index (χ2n) is 3.50. The van der Waals surface area contributed by atoms with Gasteiger partial charge in [-0.1, -0.05) is 15.9 Å². The van der Waals surface area contributed by atoms with Crippen molar-refractivity contribution in [2.75, 3.05) is 5.32 Å². The van der Waals surface area contributed by atoms with E-state index in [1.807, 2.05) is 0 Å². The monoisotopic (exact) mass is 310 g/mol. The Morgan fingerprint density at radius 1 is 1.41 bits per heavy atom. The molecule has 1 aromatic rings. The molecule has 0 aromatic heterocycles. The number of carbonyl (C=O) groups excluding carboxylic acids is 1. The number of benzene rings is 1. The predicted molar refractivity (Wildman–Crippen MR) is 61.4 cm³/mol. The number of halogens is 4. The van der Waals surface area contributed by atoms with Gasteiger partial charge < -0.3 is 11.1 Å². The average Bonchev–Trinajstić information content (AvgIpc) is 2.15. The van der Waals surface area contributed by atoms with Gasteiger partial charge in [0.15, 0.2) is 0 Å². The molecule has 0 aliphatic heterocycles. The summed E-state index contributed by atoms with van der Waals surface area (Å²) >= 11 is 2.95. The zero-order valence-corrected chi connectivity index (χ0v) is 10.4.